The Hall–Kier alpha value is -2.04. The van der Waals surface area contributed by atoms with Crippen molar-refractivity contribution in [1.29, 1.82) is 0 Å². The fraction of sp³-hybridized carbons (Fsp3) is 0.409. The lowest BCUT2D eigenvalue weighted by Crippen LogP contribution is -2.38. The minimum Gasteiger partial charge on any atom is -0.378 e. The zero-order valence-electron chi connectivity index (χ0n) is 15.4. The molecule has 0 bridgehead atoms. The van der Waals surface area contributed by atoms with Crippen LogP contribution in [0.5, 0.6) is 0 Å². The fourth-order valence-corrected chi connectivity index (χ4v) is 4.37. The number of ether oxygens (including phenoxy) is 1. The maximum absolute atomic E-state index is 13.3. The molecule has 0 atom stereocenters. The van der Waals surface area contributed by atoms with E-state index in [1.54, 1.807) is 0 Å². The topological polar surface area (TPSA) is 41.6 Å². The highest BCUT2D eigenvalue weighted by molar-refractivity contribution is 6.30. The number of morpholine rings is 1. The van der Waals surface area contributed by atoms with Crippen molar-refractivity contribution < 1.29 is 9.53 Å². The maximum atomic E-state index is 13.3. The van der Waals surface area contributed by atoms with Gasteiger partial charge in [0.2, 0.25) is 5.91 Å². The van der Waals surface area contributed by atoms with Gasteiger partial charge in [0.25, 0.3) is 0 Å². The van der Waals surface area contributed by atoms with Crippen LogP contribution in [0, 0.1) is 0 Å². The lowest BCUT2D eigenvalue weighted by atomic mass is 9.78. The van der Waals surface area contributed by atoms with Gasteiger partial charge in [0.05, 0.1) is 18.6 Å². The van der Waals surface area contributed by atoms with Crippen LogP contribution in [0.4, 0.5) is 11.4 Å². The molecule has 1 aliphatic heterocycles. The van der Waals surface area contributed by atoms with E-state index in [1.807, 2.05) is 36.4 Å². The first kappa shape index (κ1) is 18.3. The number of rotatable bonds is 4. The molecular weight excluding hydrogens is 360 g/mol. The van der Waals surface area contributed by atoms with E-state index in [1.165, 1.54) is 0 Å². The normalized spacial score (nSPS) is 19.1. The third kappa shape index (κ3) is 3.83. The molecule has 1 saturated heterocycles. The molecule has 27 heavy (non-hydrogen) atoms. The molecule has 1 heterocycles. The molecule has 5 heteroatoms. The van der Waals surface area contributed by atoms with Crippen molar-refractivity contribution in [3.8, 4) is 0 Å². The summed E-state index contributed by atoms with van der Waals surface area (Å²) in [5.41, 5.74) is 2.58. The lowest BCUT2D eigenvalue weighted by Gasteiger charge is -2.30. The first-order valence-corrected chi connectivity index (χ1v) is 10.1. The van der Waals surface area contributed by atoms with Gasteiger partial charge in [-0.2, -0.15) is 0 Å². The first-order valence-electron chi connectivity index (χ1n) is 9.68. The Morgan fingerprint density at radius 3 is 2.44 bits per heavy atom. The first-order chi connectivity index (χ1) is 13.2. The number of carbonyl (C=O) groups excluding carboxylic acids is 1. The summed E-state index contributed by atoms with van der Waals surface area (Å²) in [6.45, 7) is 3.25. The summed E-state index contributed by atoms with van der Waals surface area (Å²) in [6.07, 6.45) is 3.90. The van der Waals surface area contributed by atoms with Gasteiger partial charge in [0.15, 0.2) is 0 Å². The molecule has 1 saturated carbocycles. The summed E-state index contributed by atoms with van der Waals surface area (Å²) < 4.78 is 5.43. The molecule has 2 aromatic carbocycles. The number of anilines is 2. The van der Waals surface area contributed by atoms with Gasteiger partial charge in [0, 0.05) is 29.5 Å². The average molecular weight is 385 g/mol. The number of hydrogen-bond acceptors (Lipinski definition) is 3. The molecule has 4 rings (SSSR count). The summed E-state index contributed by atoms with van der Waals surface area (Å²) in [7, 11) is 0. The number of nitrogens with zero attached hydrogens (tertiary/aromatic N) is 1. The van der Waals surface area contributed by atoms with E-state index in [9.17, 15) is 4.79 Å². The van der Waals surface area contributed by atoms with Crippen molar-refractivity contribution in [2.45, 2.75) is 31.1 Å². The van der Waals surface area contributed by atoms with Gasteiger partial charge in [-0.3, -0.25) is 4.79 Å². The number of halogens is 1. The zero-order chi connectivity index (χ0) is 18.7. The third-order valence-corrected chi connectivity index (χ3v) is 6.02. The molecular formula is C22H25ClN2O2. The minimum absolute atomic E-state index is 0.0847. The molecule has 1 amide bonds. The van der Waals surface area contributed by atoms with Gasteiger partial charge >= 0.3 is 0 Å². The van der Waals surface area contributed by atoms with Crippen LogP contribution in [0.3, 0.4) is 0 Å². The standard InChI is InChI=1S/C22H25ClN2O2/c23-18-8-6-17(7-9-18)22(10-1-2-11-22)21(26)24-19-4-3-5-20(16-19)25-12-14-27-15-13-25/h3-9,16H,1-2,10-15H2,(H,24,26). The van der Waals surface area contributed by atoms with Gasteiger partial charge in [-0.05, 0) is 48.7 Å². The Bertz CT molecular complexity index is 794. The largest absolute Gasteiger partial charge is 0.378 e. The fourth-order valence-electron chi connectivity index (χ4n) is 4.25. The molecule has 2 aromatic rings. The molecule has 4 nitrogen and oxygen atoms in total. The number of carbonyl (C=O) groups is 1. The van der Waals surface area contributed by atoms with E-state index < -0.39 is 5.41 Å². The van der Waals surface area contributed by atoms with Crippen molar-refractivity contribution in [3.05, 3.63) is 59.1 Å². The summed E-state index contributed by atoms with van der Waals surface area (Å²) >= 11 is 6.05. The Balaban J connectivity index is 1.56. The van der Waals surface area contributed by atoms with Crippen molar-refractivity contribution in [2.24, 2.45) is 0 Å². The minimum atomic E-state index is -0.459. The smallest absolute Gasteiger partial charge is 0.235 e. The van der Waals surface area contributed by atoms with Crippen LogP contribution < -0.4 is 10.2 Å². The maximum Gasteiger partial charge on any atom is 0.235 e. The molecule has 2 aliphatic rings. The van der Waals surface area contributed by atoms with Crippen molar-refractivity contribution in [2.75, 3.05) is 36.5 Å². The van der Waals surface area contributed by atoms with Crippen LogP contribution in [0.2, 0.25) is 5.02 Å². The van der Waals surface area contributed by atoms with Crippen LogP contribution >= 0.6 is 11.6 Å². The van der Waals surface area contributed by atoms with E-state index in [0.717, 1.165) is 68.9 Å². The van der Waals surface area contributed by atoms with Crippen LogP contribution in [-0.4, -0.2) is 32.2 Å². The van der Waals surface area contributed by atoms with Crippen molar-refractivity contribution >= 4 is 28.9 Å². The molecule has 142 valence electrons. The number of benzene rings is 2. The molecule has 2 fully saturated rings. The Morgan fingerprint density at radius 1 is 1.04 bits per heavy atom. The van der Waals surface area contributed by atoms with Crippen LogP contribution in [0.1, 0.15) is 31.2 Å². The van der Waals surface area contributed by atoms with Crippen LogP contribution in [0.25, 0.3) is 0 Å². The Kier molecular flexibility index (Phi) is 5.37. The number of hydrogen-bond donors (Lipinski definition) is 1. The monoisotopic (exact) mass is 384 g/mol. The molecule has 1 N–H and O–H groups in total. The van der Waals surface area contributed by atoms with Crippen LogP contribution in [0.15, 0.2) is 48.5 Å². The highest BCUT2D eigenvalue weighted by atomic mass is 35.5. The van der Waals surface area contributed by atoms with Gasteiger partial charge < -0.3 is 15.0 Å². The van der Waals surface area contributed by atoms with Crippen molar-refractivity contribution in [1.82, 2.24) is 0 Å². The zero-order valence-corrected chi connectivity index (χ0v) is 16.2. The molecule has 0 spiro atoms. The molecule has 0 aromatic heterocycles. The summed E-state index contributed by atoms with van der Waals surface area (Å²) in [5.74, 6) is 0.0847. The Labute approximate surface area is 165 Å². The number of nitrogens with one attached hydrogen (secondary N) is 1. The summed E-state index contributed by atoms with van der Waals surface area (Å²) in [6, 6.07) is 15.9. The quantitative estimate of drug-likeness (QED) is 0.835. The third-order valence-electron chi connectivity index (χ3n) is 5.77. The van der Waals surface area contributed by atoms with E-state index in [2.05, 4.69) is 22.3 Å². The highest BCUT2D eigenvalue weighted by Crippen LogP contribution is 2.42. The van der Waals surface area contributed by atoms with Gasteiger partial charge in [-0.15, -0.1) is 0 Å². The van der Waals surface area contributed by atoms with Gasteiger partial charge in [-0.25, -0.2) is 0 Å². The average Bonchev–Trinajstić information content (AvgIpc) is 3.21. The second-order valence-electron chi connectivity index (χ2n) is 7.40. The SMILES string of the molecule is O=C(Nc1cccc(N2CCOCC2)c1)C1(c2ccc(Cl)cc2)CCCC1. The van der Waals surface area contributed by atoms with Gasteiger partial charge in [-0.1, -0.05) is 42.6 Å². The summed E-state index contributed by atoms with van der Waals surface area (Å²) in [4.78, 5) is 15.6. The van der Waals surface area contributed by atoms with E-state index in [0.29, 0.717) is 5.02 Å². The molecule has 0 unspecified atom stereocenters. The lowest BCUT2D eigenvalue weighted by molar-refractivity contribution is -0.121. The predicted molar refractivity (Wildman–Crippen MR) is 110 cm³/mol. The van der Waals surface area contributed by atoms with E-state index >= 15 is 0 Å². The molecule has 1 aliphatic carbocycles. The Morgan fingerprint density at radius 2 is 1.74 bits per heavy atom. The molecule has 0 radical (unpaired) electrons. The number of amides is 1. The second-order valence-corrected chi connectivity index (χ2v) is 7.84. The highest BCUT2D eigenvalue weighted by Gasteiger charge is 2.42. The van der Waals surface area contributed by atoms with E-state index in [4.69, 9.17) is 16.3 Å². The van der Waals surface area contributed by atoms with E-state index in [-0.39, 0.29) is 5.91 Å². The van der Waals surface area contributed by atoms with Crippen molar-refractivity contribution in [3.63, 3.8) is 0 Å². The van der Waals surface area contributed by atoms with Gasteiger partial charge in [0.1, 0.15) is 0 Å². The predicted octanol–water partition coefficient (Wildman–Crippen LogP) is 4.63. The van der Waals surface area contributed by atoms with Crippen LogP contribution in [-0.2, 0) is 14.9 Å². The summed E-state index contributed by atoms with van der Waals surface area (Å²) in [5, 5.41) is 3.89. The second kappa shape index (κ2) is 7.91.